The number of halogens is 18. The highest BCUT2D eigenvalue weighted by Gasteiger charge is 2.86. The lowest BCUT2D eigenvalue weighted by molar-refractivity contribution is -0.458. The molecule has 0 unspecified atom stereocenters. The summed E-state index contributed by atoms with van der Waals surface area (Å²) in [5, 5.41) is 0. The zero-order valence-electron chi connectivity index (χ0n) is 19.5. The van der Waals surface area contributed by atoms with Crippen LogP contribution in [-0.4, -0.2) is 86.9 Å². The van der Waals surface area contributed by atoms with Crippen LogP contribution in [0.15, 0.2) is 0 Å². The molecular weight excluding hydrogens is 658 g/mol. The summed E-state index contributed by atoms with van der Waals surface area (Å²) < 4.78 is 242. The molecule has 250 valence electrons. The second-order valence-electron chi connectivity index (χ2n) is 7.27. The number of ether oxygens (including phenoxy) is 4. The SMILES string of the molecule is O=C(NNC(=O)OCCCOC(C(F)(F)F)(C(F)(F)F)C(F)(F)F)OCCCOC(C(F)(F)F)(C(F)(F)F)C(F)(F)F. The Balaban J connectivity index is 4.69. The van der Waals surface area contributed by atoms with Gasteiger partial charge in [0.2, 0.25) is 0 Å². The number of rotatable bonds is 10. The van der Waals surface area contributed by atoms with Gasteiger partial charge in [0.25, 0.3) is 0 Å². The number of carbonyl (C=O) groups is 2. The standard InChI is InChI=1S/C16H14F18N2O6/c17-11(18,19)9(12(20,21)22,13(23,24)25)41-5-1-3-39-7(37)35-36-8(38)40-4-2-6-42-10(14(26,27)28,15(29,30)31)16(32,33)34/h1-6H2,(H,35,37)(H,36,38). The van der Waals surface area contributed by atoms with E-state index in [2.05, 4.69) is 18.9 Å². The fourth-order valence-corrected chi connectivity index (χ4v) is 2.53. The van der Waals surface area contributed by atoms with E-state index in [1.54, 1.807) is 0 Å². The van der Waals surface area contributed by atoms with Crippen LogP contribution >= 0.6 is 0 Å². The molecule has 0 aliphatic rings. The molecule has 0 aliphatic heterocycles. The summed E-state index contributed by atoms with van der Waals surface area (Å²) in [4.78, 5) is 22.5. The summed E-state index contributed by atoms with van der Waals surface area (Å²) >= 11 is 0. The van der Waals surface area contributed by atoms with Gasteiger partial charge < -0.3 is 18.9 Å². The van der Waals surface area contributed by atoms with Gasteiger partial charge in [-0.15, -0.1) is 0 Å². The van der Waals surface area contributed by atoms with Crippen LogP contribution in [-0.2, 0) is 18.9 Å². The molecule has 2 amide bonds. The molecule has 0 rings (SSSR count). The molecular formula is C16H14F18N2O6. The van der Waals surface area contributed by atoms with Crippen molar-refractivity contribution in [2.75, 3.05) is 26.4 Å². The molecule has 0 saturated heterocycles. The number of carbonyl (C=O) groups excluding carboxylic acids is 2. The Morgan fingerprint density at radius 1 is 0.405 bits per heavy atom. The van der Waals surface area contributed by atoms with Crippen molar-refractivity contribution in [1.29, 1.82) is 0 Å². The molecule has 0 aliphatic carbocycles. The van der Waals surface area contributed by atoms with E-state index in [4.69, 9.17) is 0 Å². The Kier molecular flexibility index (Phi) is 12.4. The van der Waals surface area contributed by atoms with Crippen molar-refractivity contribution in [2.24, 2.45) is 0 Å². The summed E-state index contributed by atoms with van der Waals surface area (Å²) in [7, 11) is 0. The first-order valence-electron chi connectivity index (χ1n) is 10.0. The number of hydrazine groups is 1. The molecule has 0 atom stereocenters. The highest BCUT2D eigenvalue weighted by atomic mass is 19.4. The van der Waals surface area contributed by atoms with Crippen molar-refractivity contribution >= 4 is 12.2 Å². The van der Waals surface area contributed by atoms with Crippen LogP contribution in [0.3, 0.4) is 0 Å². The summed E-state index contributed by atoms with van der Waals surface area (Å²) in [5.41, 5.74) is -10.7. The lowest BCUT2D eigenvalue weighted by Gasteiger charge is -2.38. The zero-order valence-corrected chi connectivity index (χ0v) is 19.5. The molecule has 0 bridgehead atoms. The van der Waals surface area contributed by atoms with Gasteiger partial charge in [-0.2, -0.15) is 79.0 Å². The molecule has 42 heavy (non-hydrogen) atoms. The minimum absolute atomic E-state index is 1.21. The summed E-state index contributed by atoms with van der Waals surface area (Å²) in [5.74, 6) is 0. The van der Waals surface area contributed by atoms with E-state index in [1.807, 2.05) is 0 Å². The van der Waals surface area contributed by atoms with E-state index in [1.165, 1.54) is 10.9 Å². The van der Waals surface area contributed by atoms with Crippen LogP contribution in [0.4, 0.5) is 88.6 Å². The molecule has 2 N–H and O–H groups in total. The second-order valence-corrected chi connectivity index (χ2v) is 7.27. The monoisotopic (exact) mass is 672 g/mol. The first-order chi connectivity index (χ1) is 18.5. The molecule has 0 spiro atoms. The number of nitrogens with one attached hydrogen (secondary N) is 2. The molecule has 0 aromatic rings. The van der Waals surface area contributed by atoms with Crippen molar-refractivity contribution in [1.82, 2.24) is 10.9 Å². The topological polar surface area (TPSA) is 95.1 Å². The normalized spacial score (nSPS) is 14.4. The van der Waals surface area contributed by atoms with Gasteiger partial charge in [-0.3, -0.25) is 0 Å². The highest BCUT2D eigenvalue weighted by molar-refractivity contribution is 5.73. The third kappa shape index (κ3) is 8.85. The van der Waals surface area contributed by atoms with Gasteiger partial charge in [0.1, 0.15) is 0 Å². The molecule has 0 aromatic heterocycles. The van der Waals surface area contributed by atoms with Crippen LogP contribution in [0.25, 0.3) is 0 Å². The van der Waals surface area contributed by atoms with Crippen molar-refractivity contribution in [3.8, 4) is 0 Å². The van der Waals surface area contributed by atoms with Crippen molar-refractivity contribution in [3.63, 3.8) is 0 Å². The average molecular weight is 672 g/mol. The lowest BCUT2D eigenvalue weighted by Crippen LogP contribution is -2.67. The summed E-state index contributed by atoms with van der Waals surface area (Å²) in [6.07, 6.45) is -48.1. The third-order valence-corrected chi connectivity index (χ3v) is 4.34. The maximum Gasteiger partial charge on any atom is 0.435 e. The quantitative estimate of drug-likeness (QED) is 0.168. The Bertz CT molecular complexity index is 745. The van der Waals surface area contributed by atoms with Gasteiger partial charge >= 0.3 is 60.4 Å². The molecule has 0 heterocycles. The van der Waals surface area contributed by atoms with Gasteiger partial charge in [-0.05, 0) is 0 Å². The predicted molar refractivity (Wildman–Crippen MR) is 91.9 cm³/mol. The Hall–Kier alpha value is -2.80. The fourth-order valence-electron chi connectivity index (χ4n) is 2.53. The van der Waals surface area contributed by atoms with Gasteiger partial charge in [-0.1, -0.05) is 0 Å². The van der Waals surface area contributed by atoms with Crippen LogP contribution in [0.2, 0.25) is 0 Å². The lowest BCUT2D eigenvalue weighted by atomic mass is 10.0. The molecule has 0 fully saturated rings. The predicted octanol–water partition coefficient (Wildman–Crippen LogP) is 6.02. The minimum atomic E-state index is -7.02. The maximum absolute atomic E-state index is 12.7. The number of hydrogen-bond donors (Lipinski definition) is 2. The largest absolute Gasteiger partial charge is 0.448 e. The van der Waals surface area contributed by atoms with Crippen LogP contribution in [0, 0.1) is 0 Å². The average Bonchev–Trinajstić information content (AvgIpc) is 2.71. The fraction of sp³-hybridized carbons (Fsp3) is 0.875. The number of hydrogen-bond acceptors (Lipinski definition) is 6. The van der Waals surface area contributed by atoms with E-state index in [9.17, 15) is 88.6 Å². The molecule has 0 aromatic carbocycles. The maximum atomic E-state index is 12.7. The molecule has 26 heteroatoms. The zero-order chi connectivity index (χ0) is 33.6. The van der Waals surface area contributed by atoms with Crippen molar-refractivity contribution < 1.29 is 108 Å². The van der Waals surface area contributed by atoms with Gasteiger partial charge in [-0.25, -0.2) is 20.4 Å². The molecule has 0 radical (unpaired) electrons. The van der Waals surface area contributed by atoms with Crippen LogP contribution in [0.5, 0.6) is 0 Å². The van der Waals surface area contributed by atoms with Crippen molar-refractivity contribution in [3.05, 3.63) is 0 Å². The van der Waals surface area contributed by atoms with E-state index in [-0.39, 0.29) is 0 Å². The third-order valence-electron chi connectivity index (χ3n) is 4.34. The van der Waals surface area contributed by atoms with Crippen LogP contribution < -0.4 is 10.9 Å². The van der Waals surface area contributed by atoms with Gasteiger partial charge in [0, 0.05) is 12.8 Å². The molecule has 0 saturated carbocycles. The summed E-state index contributed by atoms with van der Waals surface area (Å²) in [6.45, 7) is -6.30. The van der Waals surface area contributed by atoms with Gasteiger partial charge in [0.05, 0.1) is 26.4 Å². The van der Waals surface area contributed by atoms with Gasteiger partial charge in [0.15, 0.2) is 0 Å². The first kappa shape index (κ1) is 39.2. The van der Waals surface area contributed by atoms with E-state index >= 15 is 0 Å². The smallest absolute Gasteiger partial charge is 0.435 e. The summed E-state index contributed by atoms with van der Waals surface area (Å²) in [6, 6.07) is 0. The Morgan fingerprint density at radius 3 is 0.810 bits per heavy atom. The van der Waals surface area contributed by atoms with E-state index in [0.29, 0.717) is 0 Å². The Morgan fingerprint density at radius 2 is 0.619 bits per heavy atom. The number of amides is 2. The Labute approximate surface area is 219 Å². The highest BCUT2D eigenvalue weighted by Crippen LogP contribution is 2.56. The van der Waals surface area contributed by atoms with Crippen molar-refractivity contribution in [2.45, 2.75) is 61.1 Å². The van der Waals surface area contributed by atoms with Crippen LogP contribution in [0.1, 0.15) is 12.8 Å². The van der Waals surface area contributed by atoms with E-state index < -0.39 is 99.7 Å². The second kappa shape index (κ2) is 13.2. The number of alkyl halides is 18. The van der Waals surface area contributed by atoms with E-state index in [0.717, 1.165) is 0 Å². The first-order valence-corrected chi connectivity index (χ1v) is 10.0. The molecule has 8 nitrogen and oxygen atoms in total. The minimum Gasteiger partial charge on any atom is -0.448 e.